The number of anilines is 2. The van der Waals surface area contributed by atoms with E-state index in [2.05, 4.69) is 20.8 Å². The molecular formula is C16H19ClN4O3S. The van der Waals surface area contributed by atoms with Gasteiger partial charge in [0.1, 0.15) is 10.8 Å². The first-order valence-corrected chi connectivity index (χ1v) is 8.61. The van der Waals surface area contributed by atoms with Crippen LogP contribution in [0, 0.1) is 0 Å². The lowest BCUT2D eigenvalue weighted by atomic mass is 9.98. The van der Waals surface area contributed by atoms with E-state index in [4.69, 9.17) is 16.3 Å². The van der Waals surface area contributed by atoms with E-state index in [0.717, 1.165) is 5.01 Å². The Hall–Kier alpha value is -2.19. The Labute approximate surface area is 154 Å². The van der Waals surface area contributed by atoms with E-state index in [9.17, 15) is 9.59 Å². The molecule has 0 radical (unpaired) electrons. The number of nitrogens with one attached hydrogen (secondary N) is 2. The first-order chi connectivity index (χ1) is 11.6. The first-order valence-electron chi connectivity index (χ1n) is 7.42. The fourth-order valence-electron chi connectivity index (χ4n) is 1.93. The lowest BCUT2D eigenvalue weighted by molar-refractivity contribution is -0.114. The van der Waals surface area contributed by atoms with E-state index in [1.807, 2.05) is 20.8 Å². The van der Waals surface area contributed by atoms with Gasteiger partial charge in [-0.2, -0.15) is 0 Å². The Balaban J connectivity index is 2.28. The molecule has 0 saturated carbocycles. The van der Waals surface area contributed by atoms with E-state index in [-0.39, 0.29) is 27.7 Å². The zero-order valence-corrected chi connectivity index (χ0v) is 16.1. The standard InChI is InChI=1S/C16H19ClN4O3S/c1-8(22)18-11-7-12(24-5)9(6-10(11)17)13(23)19-15-21-20-14(25-15)16(2,3)4/h6-7H,1-5H3,(H,18,22)(H,19,21,23). The van der Waals surface area contributed by atoms with Crippen molar-refractivity contribution in [3.8, 4) is 5.75 Å². The highest BCUT2D eigenvalue weighted by Gasteiger charge is 2.22. The number of hydrogen-bond donors (Lipinski definition) is 2. The van der Waals surface area contributed by atoms with Crippen molar-refractivity contribution in [2.45, 2.75) is 33.1 Å². The maximum Gasteiger partial charge on any atom is 0.261 e. The molecule has 2 N–H and O–H groups in total. The number of halogens is 1. The summed E-state index contributed by atoms with van der Waals surface area (Å²) in [6.45, 7) is 7.42. The average molecular weight is 383 g/mol. The average Bonchev–Trinajstić information content (AvgIpc) is 2.97. The Morgan fingerprint density at radius 3 is 2.40 bits per heavy atom. The molecule has 1 aromatic heterocycles. The van der Waals surface area contributed by atoms with Crippen molar-refractivity contribution in [2.75, 3.05) is 17.7 Å². The predicted molar refractivity (Wildman–Crippen MR) is 98.9 cm³/mol. The van der Waals surface area contributed by atoms with Crippen molar-refractivity contribution in [3.63, 3.8) is 0 Å². The summed E-state index contributed by atoms with van der Waals surface area (Å²) < 4.78 is 5.24. The number of amides is 2. The van der Waals surface area contributed by atoms with Crippen LogP contribution in [0.3, 0.4) is 0 Å². The number of rotatable bonds is 4. The van der Waals surface area contributed by atoms with Gasteiger partial charge >= 0.3 is 0 Å². The zero-order chi connectivity index (χ0) is 18.8. The molecule has 0 unspecified atom stereocenters. The van der Waals surface area contributed by atoms with Crippen LogP contribution in [0.1, 0.15) is 43.1 Å². The van der Waals surface area contributed by atoms with Crippen LogP contribution in [0.15, 0.2) is 12.1 Å². The molecule has 134 valence electrons. The molecule has 0 aliphatic heterocycles. The van der Waals surface area contributed by atoms with Gasteiger partial charge in [0.15, 0.2) is 0 Å². The predicted octanol–water partition coefficient (Wildman–Crippen LogP) is 3.71. The Morgan fingerprint density at radius 2 is 1.88 bits per heavy atom. The Kier molecular flexibility index (Phi) is 5.64. The highest BCUT2D eigenvalue weighted by Crippen LogP contribution is 2.32. The lowest BCUT2D eigenvalue weighted by Crippen LogP contribution is -2.14. The molecule has 25 heavy (non-hydrogen) atoms. The molecular weight excluding hydrogens is 364 g/mol. The van der Waals surface area contributed by atoms with E-state index in [1.54, 1.807) is 0 Å². The molecule has 0 aliphatic rings. The van der Waals surface area contributed by atoms with E-state index in [1.165, 1.54) is 37.5 Å². The zero-order valence-electron chi connectivity index (χ0n) is 14.6. The summed E-state index contributed by atoms with van der Waals surface area (Å²) in [5.74, 6) is -0.416. The highest BCUT2D eigenvalue weighted by atomic mass is 35.5. The molecule has 0 spiro atoms. The van der Waals surface area contributed by atoms with Gasteiger partial charge in [-0.05, 0) is 6.07 Å². The Bertz CT molecular complexity index is 814. The Morgan fingerprint density at radius 1 is 1.20 bits per heavy atom. The van der Waals surface area contributed by atoms with Gasteiger partial charge in [0.2, 0.25) is 11.0 Å². The van der Waals surface area contributed by atoms with Gasteiger partial charge < -0.3 is 10.1 Å². The molecule has 1 aromatic carbocycles. The summed E-state index contributed by atoms with van der Waals surface area (Å²) in [7, 11) is 1.43. The summed E-state index contributed by atoms with van der Waals surface area (Å²) in [6, 6.07) is 2.94. The van der Waals surface area contributed by atoms with Gasteiger partial charge in [-0.15, -0.1) is 10.2 Å². The van der Waals surface area contributed by atoms with Gasteiger partial charge in [-0.3, -0.25) is 14.9 Å². The van der Waals surface area contributed by atoms with E-state index in [0.29, 0.717) is 10.8 Å². The van der Waals surface area contributed by atoms with Gasteiger partial charge in [-0.25, -0.2) is 0 Å². The summed E-state index contributed by atoms with van der Waals surface area (Å²) in [5.41, 5.74) is 0.448. The molecule has 7 nitrogen and oxygen atoms in total. The normalized spacial score (nSPS) is 11.1. The number of aromatic nitrogens is 2. The summed E-state index contributed by atoms with van der Waals surface area (Å²) in [5, 5.41) is 14.8. The lowest BCUT2D eigenvalue weighted by Gasteiger charge is -2.13. The minimum Gasteiger partial charge on any atom is -0.496 e. The minimum absolute atomic E-state index is 0.151. The molecule has 0 saturated heterocycles. The highest BCUT2D eigenvalue weighted by molar-refractivity contribution is 7.15. The topological polar surface area (TPSA) is 93.2 Å². The second-order valence-electron chi connectivity index (χ2n) is 6.33. The fraction of sp³-hybridized carbons (Fsp3) is 0.375. The van der Waals surface area contributed by atoms with Crippen LogP contribution in [-0.2, 0) is 10.2 Å². The van der Waals surface area contributed by atoms with Gasteiger partial charge in [-0.1, -0.05) is 43.7 Å². The summed E-state index contributed by atoms with van der Waals surface area (Å²) in [4.78, 5) is 23.7. The van der Waals surface area contributed by atoms with Crippen LogP contribution in [0.4, 0.5) is 10.8 Å². The van der Waals surface area contributed by atoms with Crippen molar-refractivity contribution in [1.29, 1.82) is 0 Å². The van der Waals surface area contributed by atoms with Crippen molar-refractivity contribution in [2.24, 2.45) is 0 Å². The number of ether oxygens (including phenoxy) is 1. The molecule has 2 amide bonds. The maximum atomic E-state index is 12.5. The minimum atomic E-state index is -0.426. The van der Waals surface area contributed by atoms with Gasteiger partial charge in [0.05, 0.1) is 23.4 Å². The quantitative estimate of drug-likeness (QED) is 0.840. The molecule has 0 atom stereocenters. The number of benzene rings is 1. The number of hydrogen-bond acceptors (Lipinski definition) is 6. The maximum absolute atomic E-state index is 12.5. The van der Waals surface area contributed by atoms with Crippen LogP contribution in [0.25, 0.3) is 0 Å². The molecule has 9 heteroatoms. The fourth-order valence-corrected chi connectivity index (χ4v) is 2.93. The SMILES string of the molecule is COc1cc(NC(C)=O)c(Cl)cc1C(=O)Nc1nnc(C(C)(C)C)s1. The second kappa shape index (κ2) is 7.37. The molecule has 1 heterocycles. The molecule has 0 bridgehead atoms. The van der Waals surface area contributed by atoms with E-state index >= 15 is 0 Å². The molecule has 2 rings (SSSR count). The summed E-state index contributed by atoms with van der Waals surface area (Å²) in [6.07, 6.45) is 0. The third-order valence-electron chi connectivity index (χ3n) is 3.13. The number of carbonyl (C=O) groups excluding carboxylic acids is 2. The smallest absolute Gasteiger partial charge is 0.261 e. The van der Waals surface area contributed by atoms with Crippen LogP contribution in [0.5, 0.6) is 5.75 Å². The third-order valence-corrected chi connectivity index (χ3v) is 4.71. The van der Waals surface area contributed by atoms with Crippen molar-refractivity contribution in [1.82, 2.24) is 10.2 Å². The number of carbonyl (C=O) groups is 2. The monoisotopic (exact) mass is 382 g/mol. The van der Waals surface area contributed by atoms with E-state index < -0.39 is 5.91 Å². The van der Waals surface area contributed by atoms with Crippen LogP contribution >= 0.6 is 22.9 Å². The van der Waals surface area contributed by atoms with Crippen molar-refractivity contribution in [3.05, 3.63) is 27.7 Å². The van der Waals surface area contributed by atoms with Crippen LogP contribution < -0.4 is 15.4 Å². The number of nitrogens with zero attached hydrogens (tertiary/aromatic N) is 2. The van der Waals surface area contributed by atoms with Crippen LogP contribution in [-0.4, -0.2) is 29.1 Å². The molecule has 2 aromatic rings. The number of methoxy groups -OCH3 is 1. The van der Waals surface area contributed by atoms with Crippen molar-refractivity contribution < 1.29 is 14.3 Å². The third kappa shape index (κ3) is 4.67. The first kappa shape index (κ1) is 19.1. The second-order valence-corrected chi connectivity index (χ2v) is 7.71. The van der Waals surface area contributed by atoms with Gasteiger partial charge in [0, 0.05) is 18.4 Å². The van der Waals surface area contributed by atoms with Crippen LogP contribution in [0.2, 0.25) is 5.02 Å². The largest absolute Gasteiger partial charge is 0.496 e. The summed E-state index contributed by atoms with van der Waals surface area (Å²) >= 11 is 7.44. The van der Waals surface area contributed by atoms with Gasteiger partial charge in [0.25, 0.3) is 5.91 Å². The van der Waals surface area contributed by atoms with Crippen molar-refractivity contribution >= 4 is 45.6 Å². The molecule has 0 aliphatic carbocycles. The molecule has 0 fully saturated rings.